The Kier molecular flexibility index (Phi) is 7.18. The Hall–Kier alpha value is -4.06. The molecule has 11 nitrogen and oxygen atoms in total. The Labute approximate surface area is 195 Å². The average Bonchev–Trinajstić information content (AvgIpc) is 3.13. The molecule has 0 spiro atoms. The van der Waals surface area contributed by atoms with Crippen LogP contribution in [0.3, 0.4) is 0 Å². The molecule has 12 heteroatoms. The number of methoxy groups -OCH3 is 1. The summed E-state index contributed by atoms with van der Waals surface area (Å²) in [5.41, 5.74) is 2.78. The van der Waals surface area contributed by atoms with Crippen molar-refractivity contribution in [2.24, 2.45) is 5.10 Å². The smallest absolute Gasteiger partial charge is 0.311 e. The zero-order valence-corrected chi connectivity index (χ0v) is 19.1. The molecule has 170 valence electrons. The van der Waals surface area contributed by atoms with E-state index in [-0.39, 0.29) is 29.1 Å². The molecule has 0 fully saturated rings. The summed E-state index contributed by atoms with van der Waals surface area (Å²) in [5.74, 6) is -1.10. The lowest BCUT2D eigenvalue weighted by molar-refractivity contribution is -0.384. The van der Waals surface area contributed by atoms with Crippen molar-refractivity contribution in [3.8, 4) is 5.69 Å². The third-order valence-electron chi connectivity index (χ3n) is 4.64. The zero-order chi connectivity index (χ0) is 24.1. The van der Waals surface area contributed by atoms with E-state index in [9.17, 15) is 24.5 Å². The monoisotopic (exact) mass is 515 g/mol. The van der Waals surface area contributed by atoms with E-state index in [0.29, 0.717) is 15.7 Å². The summed E-state index contributed by atoms with van der Waals surface area (Å²) in [6.45, 7) is 1.51. The molecule has 3 aromatic rings. The van der Waals surface area contributed by atoms with Gasteiger partial charge in [0.25, 0.3) is 17.2 Å². The Bertz CT molecular complexity index is 1310. The van der Waals surface area contributed by atoms with Crippen molar-refractivity contribution in [1.82, 2.24) is 15.2 Å². The molecule has 0 saturated heterocycles. The number of carbonyl (C=O) groups excluding carboxylic acids is 2. The summed E-state index contributed by atoms with van der Waals surface area (Å²) in [7, 11) is 1.21. The lowest BCUT2D eigenvalue weighted by atomic mass is 10.1. The topological polar surface area (TPSA) is 149 Å². The number of aromatic nitrogens is 2. The first-order valence-corrected chi connectivity index (χ1v) is 10.3. The van der Waals surface area contributed by atoms with E-state index in [4.69, 9.17) is 4.74 Å². The van der Waals surface area contributed by atoms with Gasteiger partial charge in [0, 0.05) is 16.6 Å². The first-order valence-electron chi connectivity index (χ1n) is 9.48. The maximum Gasteiger partial charge on any atom is 0.311 e. The summed E-state index contributed by atoms with van der Waals surface area (Å²) < 4.78 is 6.40. The molecular weight excluding hydrogens is 498 g/mol. The van der Waals surface area contributed by atoms with Gasteiger partial charge in [-0.05, 0) is 47.1 Å². The lowest BCUT2D eigenvalue weighted by Crippen LogP contribution is -2.24. The lowest BCUT2D eigenvalue weighted by Gasteiger charge is -2.04. The van der Waals surface area contributed by atoms with E-state index in [2.05, 4.69) is 31.6 Å². The van der Waals surface area contributed by atoms with Gasteiger partial charge in [0.15, 0.2) is 0 Å². The summed E-state index contributed by atoms with van der Waals surface area (Å²) in [6, 6.07) is 12.0. The third-order valence-corrected chi connectivity index (χ3v) is 5.33. The van der Waals surface area contributed by atoms with E-state index in [0.717, 1.165) is 4.68 Å². The van der Waals surface area contributed by atoms with Crippen molar-refractivity contribution in [2.45, 2.75) is 13.3 Å². The van der Waals surface area contributed by atoms with Crippen molar-refractivity contribution in [3.05, 3.63) is 90.3 Å². The summed E-state index contributed by atoms with van der Waals surface area (Å²) in [5, 5.41) is 17.7. The number of aromatic amines is 1. The van der Waals surface area contributed by atoms with E-state index in [1.165, 1.54) is 38.3 Å². The average molecular weight is 516 g/mol. The first-order chi connectivity index (χ1) is 15.7. The van der Waals surface area contributed by atoms with E-state index in [1.807, 2.05) is 0 Å². The van der Waals surface area contributed by atoms with Crippen molar-refractivity contribution in [3.63, 3.8) is 0 Å². The van der Waals surface area contributed by atoms with Crippen LogP contribution in [-0.4, -0.2) is 39.4 Å². The van der Waals surface area contributed by atoms with Crippen LogP contribution < -0.4 is 11.0 Å². The molecule has 1 amide bonds. The number of nitro groups is 1. The molecule has 0 unspecified atom stereocenters. The van der Waals surface area contributed by atoms with Crippen LogP contribution in [0, 0.1) is 10.1 Å². The number of ether oxygens (including phenoxy) is 1. The van der Waals surface area contributed by atoms with Gasteiger partial charge in [0.05, 0.1) is 46.7 Å². The van der Waals surface area contributed by atoms with Crippen molar-refractivity contribution >= 4 is 39.2 Å². The highest BCUT2D eigenvalue weighted by atomic mass is 79.9. The SMILES string of the molecule is COC(=O)Cc1[nH]n(-c2ccc([N+](=O)[O-])cc2)c(=O)c1C(C)=NNC(=O)c1ccccc1Br. The van der Waals surface area contributed by atoms with Gasteiger partial charge in [-0.15, -0.1) is 0 Å². The third kappa shape index (κ3) is 5.23. The molecule has 3 rings (SSSR count). The number of benzene rings is 2. The minimum absolute atomic E-state index is 0.0613. The number of non-ortho nitro benzene ring substituents is 1. The van der Waals surface area contributed by atoms with Crippen LogP contribution in [0.1, 0.15) is 28.5 Å². The number of hydrogen-bond donors (Lipinski definition) is 2. The van der Waals surface area contributed by atoms with Gasteiger partial charge in [-0.2, -0.15) is 5.10 Å². The fourth-order valence-electron chi connectivity index (χ4n) is 3.00. The fourth-order valence-corrected chi connectivity index (χ4v) is 3.47. The molecule has 33 heavy (non-hydrogen) atoms. The molecule has 0 saturated carbocycles. The predicted octanol–water partition coefficient (Wildman–Crippen LogP) is 2.71. The summed E-state index contributed by atoms with van der Waals surface area (Å²) >= 11 is 3.29. The number of halogens is 1. The minimum atomic E-state index is -0.599. The van der Waals surface area contributed by atoms with Gasteiger partial charge in [-0.25, -0.2) is 10.1 Å². The van der Waals surface area contributed by atoms with Gasteiger partial charge >= 0.3 is 5.97 Å². The minimum Gasteiger partial charge on any atom is -0.469 e. The van der Waals surface area contributed by atoms with Gasteiger partial charge in [0.2, 0.25) is 0 Å². The molecule has 1 aromatic heterocycles. The van der Waals surface area contributed by atoms with Crippen LogP contribution >= 0.6 is 15.9 Å². The Morgan fingerprint density at radius 1 is 1.21 bits per heavy atom. The number of rotatable bonds is 7. The van der Waals surface area contributed by atoms with E-state index in [1.54, 1.807) is 24.3 Å². The highest BCUT2D eigenvalue weighted by Gasteiger charge is 2.21. The number of nitrogens with one attached hydrogen (secondary N) is 2. The quantitative estimate of drug-likeness (QED) is 0.214. The largest absolute Gasteiger partial charge is 0.469 e. The number of esters is 1. The summed E-state index contributed by atoms with van der Waals surface area (Å²) in [4.78, 5) is 47.8. The molecular formula is C21H18BrN5O6. The number of H-pyrrole nitrogens is 1. The maximum atomic E-state index is 13.1. The predicted molar refractivity (Wildman–Crippen MR) is 123 cm³/mol. The van der Waals surface area contributed by atoms with Gasteiger partial charge in [-0.3, -0.25) is 29.6 Å². The van der Waals surface area contributed by atoms with Gasteiger partial charge in [-0.1, -0.05) is 12.1 Å². The summed E-state index contributed by atoms with van der Waals surface area (Å²) in [6.07, 6.45) is -0.258. The zero-order valence-electron chi connectivity index (χ0n) is 17.5. The number of carbonyl (C=O) groups is 2. The maximum absolute atomic E-state index is 13.1. The van der Waals surface area contributed by atoms with Crippen LogP contribution in [-0.2, 0) is 16.0 Å². The van der Waals surface area contributed by atoms with Crippen molar-refractivity contribution in [2.75, 3.05) is 7.11 Å². The molecule has 0 aliphatic heterocycles. The highest BCUT2D eigenvalue weighted by Crippen LogP contribution is 2.17. The van der Waals surface area contributed by atoms with E-state index < -0.39 is 22.4 Å². The van der Waals surface area contributed by atoms with Crippen molar-refractivity contribution in [1.29, 1.82) is 0 Å². The first kappa shape index (κ1) is 23.6. The molecule has 0 aliphatic rings. The number of hydrogen-bond acceptors (Lipinski definition) is 7. The van der Waals surface area contributed by atoms with Crippen LogP contribution in [0.5, 0.6) is 0 Å². The standard InChI is InChI=1S/C21H18BrN5O6/c1-12(23-24-20(29)15-5-3-4-6-16(15)22)19-17(11-18(28)33-2)25-26(21(19)30)13-7-9-14(10-8-13)27(31)32/h3-10,25H,11H2,1-2H3,(H,24,29). The Balaban J connectivity index is 2.00. The molecule has 1 heterocycles. The number of nitrogens with zero attached hydrogens (tertiary/aromatic N) is 3. The molecule has 2 aromatic carbocycles. The highest BCUT2D eigenvalue weighted by molar-refractivity contribution is 9.10. The molecule has 0 bridgehead atoms. The normalized spacial score (nSPS) is 11.2. The molecule has 0 aliphatic carbocycles. The molecule has 0 radical (unpaired) electrons. The Morgan fingerprint density at radius 2 is 1.88 bits per heavy atom. The molecule has 2 N–H and O–H groups in total. The second-order valence-electron chi connectivity index (χ2n) is 6.75. The van der Waals surface area contributed by atoms with Crippen LogP contribution in [0.2, 0.25) is 0 Å². The van der Waals surface area contributed by atoms with Gasteiger partial charge in [0.1, 0.15) is 0 Å². The second-order valence-corrected chi connectivity index (χ2v) is 7.60. The number of amides is 1. The van der Waals surface area contributed by atoms with Crippen molar-refractivity contribution < 1.29 is 19.2 Å². The number of nitro benzene ring substituents is 1. The Morgan fingerprint density at radius 3 is 2.48 bits per heavy atom. The fraction of sp³-hybridized carbons (Fsp3) is 0.143. The molecule has 0 atom stereocenters. The van der Waals surface area contributed by atoms with Gasteiger partial charge < -0.3 is 4.74 Å². The van der Waals surface area contributed by atoms with E-state index >= 15 is 0 Å². The number of hydrazone groups is 1. The second kappa shape index (κ2) is 10.0. The van der Waals surface area contributed by atoms with Crippen LogP contribution in [0.25, 0.3) is 5.69 Å². The van der Waals surface area contributed by atoms with Crippen LogP contribution in [0.4, 0.5) is 5.69 Å². The van der Waals surface area contributed by atoms with Crippen LogP contribution in [0.15, 0.2) is 62.9 Å².